The Labute approximate surface area is 97.3 Å². The molecule has 0 aliphatic heterocycles. The Balaban J connectivity index is 2.23. The number of anilines is 2. The molecule has 1 saturated carbocycles. The molecule has 0 spiro atoms. The summed E-state index contributed by atoms with van der Waals surface area (Å²) < 4.78 is 0. The first kappa shape index (κ1) is 11.4. The predicted molar refractivity (Wildman–Crippen MR) is 61.9 cm³/mol. The number of aromatic nitrogens is 2. The van der Waals surface area contributed by atoms with Gasteiger partial charge in [0.25, 0.3) is 5.56 Å². The van der Waals surface area contributed by atoms with Gasteiger partial charge in [-0.25, -0.2) is 4.98 Å². The number of nitrogen functional groups attached to an aromatic ring is 1. The highest BCUT2D eigenvalue weighted by atomic mass is 16.4. The fourth-order valence-electron chi connectivity index (χ4n) is 1.69. The van der Waals surface area contributed by atoms with Gasteiger partial charge in [-0.3, -0.25) is 9.59 Å². The number of carboxylic acid groups (broad SMARTS) is 1. The standard InChI is InChI=1S/C10H14N4O3/c11-8-9(12-5-13-10(8)17)14(6-1-2-6)4-3-7(15)16/h5-6H,1-4,11H2,(H,15,16)(H,12,13,17). The summed E-state index contributed by atoms with van der Waals surface area (Å²) in [7, 11) is 0. The molecule has 2 rings (SSSR count). The van der Waals surface area contributed by atoms with Crippen molar-refractivity contribution in [3.63, 3.8) is 0 Å². The van der Waals surface area contributed by atoms with E-state index in [0.717, 1.165) is 12.8 Å². The number of hydrogen-bond donors (Lipinski definition) is 3. The largest absolute Gasteiger partial charge is 0.481 e. The van der Waals surface area contributed by atoms with Crippen LogP contribution in [-0.4, -0.2) is 33.6 Å². The summed E-state index contributed by atoms with van der Waals surface area (Å²) in [5, 5.41) is 8.69. The topological polar surface area (TPSA) is 112 Å². The summed E-state index contributed by atoms with van der Waals surface area (Å²) in [4.78, 5) is 30.2. The third-order valence-corrected chi connectivity index (χ3v) is 2.69. The summed E-state index contributed by atoms with van der Waals surface area (Å²) in [6.45, 7) is 0.320. The van der Waals surface area contributed by atoms with Gasteiger partial charge in [0, 0.05) is 12.6 Å². The average molecular weight is 238 g/mol. The second kappa shape index (κ2) is 4.44. The minimum Gasteiger partial charge on any atom is -0.481 e. The fourth-order valence-corrected chi connectivity index (χ4v) is 1.69. The van der Waals surface area contributed by atoms with E-state index in [-0.39, 0.29) is 18.2 Å². The minimum atomic E-state index is -0.876. The van der Waals surface area contributed by atoms with Crippen LogP contribution >= 0.6 is 0 Å². The third kappa shape index (κ3) is 2.55. The summed E-state index contributed by atoms with van der Waals surface area (Å²) in [5.41, 5.74) is 5.31. The Hall–Kier alpha value is -2.05. The van der Waals surface area contributed by atoms with Gasteiger partial charge in [0.05, 0.1) is 12.7 Å². The summed E-state index contributed by atoms with van der Waals surface area (Å²) >= 11 is 0. The van der Waals surface area contributed by atoms with Gasteiger partial charge in [0.1, 0.15) is 5.69 Å². The molecule has 1 heterocycles. The van der Waals surface area contributed by atoms with Crippen molar-refractivity contribution in [2.75, 3.05) is 17.2 Å². The van der Waals surface area contributed by atoms with Crippen molar-refractivity contribution >= 4 is 17.5 Å². The van der Waals surface area contributed by atoms with Crippen LogP contribution in [-0.2, 0) is 4.79 Å². The highest BCUT2D eigenvalue weighted by Gasteiger charge is 2.31. The maximum Gasteiger partial charge on any atom is 0.305 e. The lowest BCUT2D eigenvalue weighted by molar-refractivity contribution is -0.136. The SMILES string of the molecule is Nc1c(N(CCC(=O)O)C2CC2)nc[nH]c1=O. The van der Waals surface area contributed by atoms with Crippen LogP contribution in [0.1, 0.15) is 19.3 Å². The molecule has 17 heavy (non-hydrogen) atoms. The number of carbonyl (C=O) groups is 1. The molecule has 0 unspecified atom stereocenters. The Morgan fingerprint density at radius 3 is 2.94 bits per heavy atom. The molecule has 92 valence electrons. The van der Waals surface area contributed by atoms with Crippen LogP contribution in [0.3, 0.4) is 0 Å². The van der Waals surface area contributed by atoms with Crippen LogP contribution in [0.5, 0.6) is 0 Å². The van der Waals surface area contributed by atoms with Crippen molar-refractivity contribution in [1.29, 1.82) is 0 Å². The molecule has 0 amide bonds. The van der Waals surface area contributed by atoms with Gasteiger partial charge in [-0.1, -0.05) is 0 Å². The van der Waals surface area contributed by atoms with Gasteiger partial charge in [-0.2, -0.15) is 0 Å². The van der Waals surface area contributed by atoms with Crippen molar-refractivity contribution in [1.82, 2.24) is 9.97 Å². The van der Waals surface area contributed by atoms with Crippen LogP contribution in [0.2, 0.25) is 0 Å². The first-order valence-corrected chi connectivity index (χ1v) is 5.41. The molecular weight excluding hydrogens is 224 g/mol. The van der Waals surface area contributed by atoms with Gasteiger partial charge in [0.15, 0.2) is 5.82 Å². The lowest BCUT2D eigenvalue weighted by atomic mass is 10.3. The van der Waals surface area contributed by atoms with E-state index in [2.05, 4.69) is 9.97 Å². The number of nitrogens with one attached hydrogen (secondary N) is 1. The van der Waals surface area contributed by atoms with Crippen LogP contribution in [0.4, 0.5) is 11.5 Å². The summed E-state index contributed by atoms with van der Waals surface area (Å²) in [5.74, 6) is -0.489. The van der Waals surface area contributed by atoms with Gasteiger partial charge >= 0.3 is 5.97 Å². The zero-order valence-corrected chi connectivity index (χ0v) is 9.22. The van der Waals surface area contributed by atoms with E-state index in [1.165, 1.54) is 6.33 Å². The van der Waals surface area contributed by atoms with E-state index >= 15 is 0 Å². The second-order valence-corrected chi connectivity index (χ2v) is 4.04. The zero-order chi connectivity index (χ0) is 12.4. The number of hydrogen-bond acceptors (Lipinski definition) is 5. The van der Waals surface area contributed by atoms with Crippen molar-refractivity contribution < 1.29 is 9.90 Å². The number of carboxylic acids is 1. The number of nitrogens with two attached hydrogens (primary N) is 1. The van der Waals surface area contributed by atoms with Gasteiger partial charge in [-0.15, -0.1) is 0 Å². The highest BCUT2D eigenvalue weighted by molar-refractivity contribution is 5.69. The van der Waals surface area contributed by atoms with E-state index in [0.29, 0.717) is 12.4 Å². The summed E-state index contributed by atoms with van der Waals surface area (Å²) in [6, 6.07) is 0.256. The fraction of sp³-hybridized carbons (Fsp3) is 0.500. The van der Waals surface area contributed by atoms with E-state index in [1.807, 2.05) is 0 Å². The lowest BCUT2D eigenvalue weighted by Crippen LogP contribution is -2.32. The molecule has 7 heteroatoms. The number of rotatable bonds is 5. The smallest absolute Gasteiger partial charge is 0.305 e. The first-order valence-electron chi connectivity index (χ1n) is 5.41. The third-order valence-electron chi connectivity index (χ3n) is 2.69. The number of nitrogens with zero attached hydrogens (tertiary/aromatic N) is 2. The van der Waals surface area contributed by atoms with E-state index in [4.69, 9.17) is 10.8 Å². The molecule has 1 aliphatic carbocycles. The average Bonchev–Trinajstić information content (AvgIpc) is 3.08. The van der Waals surface area contributed by atoms with Crippen LogP contribution in [0.25, 0.3) is 0 Å². The molecule has 1 fully saturated rings. The van der Waals surface area contributed by atoms with E-state index < -0.39 is 11.5 Å². The number of H-pyrrole nitrogens is 1. The zero-order valence-electron chi connectivity index (χ0n) is 9.22. The Bertz CT molecular complexity index is 481. The first-order chi connectivity index (χ1) is 8.09. The van der Waals surface area contributed by atoms with Crippen molar-refractivity contribution in [3.05, 3.63) is 16.7 Å². The molecular formula is C10H14N4O3. The van der Waals surface area contributed by atoms with Gasteiger partial charge in [-0.05, 0) is 12.8 Å². The van der Waals surface area contributed by atoms with Crippen LogP contribution < -0.4 is 16.2 Å². The maximum atomic E-state index is 11.4. The predicted octanol–water partition coefficient (Wildman–Crippen LogP) is -0.204. The quantitative estimate of drug-likeness (QED) is 0.654. The molecule has 0 aromatic carbocycles. The Morgan fingerprint density at radius 1 is 1.65 bits per heavy atom. The van der Waals surface area contributed by atoms with E-state index in [9.17, 15) is 9.59 Å². The van der Waals surface area contributed by atoms with Crippen molar-refractivity contribution in [3.8, 4) is 0 Å². The van der Waals surface area contributed by atoms with Crippen LogP contribution in [0.15, 0.2) is 11.1 Å². The van der Waals surface area contributed by atoms with Gasteiger partial charge < -0.3 is 20.7 Å². The monoisotopic (exact) mass is 238 g/mol. The molecule has 4 N–H and O–H groups in total. The lowest BCUT2D eigenvalue weighted by Gasteiger charge is -2.23. The minimum absolute atomic E-state index is 0.00438. The maximum absolute atomic E-state index is 11.4. The van der Waals surface area contributed by atoms with E-state index in [1.54, 1.807) is 4.90 Å². The Kier molecular flexibility index (Phi) is 2.99. The highest BCUT2D eigenvalue weighted by Crippen LogP contribution is 2.32. The van der Waals surface area contributed by atoms with Crippen molar-refractivity contribution in [2.45, 2.75) is 25.3 Å². The molecule has 1 aliphatic rings. The summed E-state index contributed by atoms with van der Waals surface area (Å²) in [6.07, 6.45) is 3.25. The normalized spacial score (nSPS) is 14.6. The van der Waals surface area contributed by atoms with Gasteiger partial charge in [0.2, 0.25) is 0 Å². The number of aromatic amines is 1. The molecule has 1 aromatic heterocycles. The molecule has 0 bridgehead atoms. The molecule has 1 aromatic rings. The molecule has 0 radical (unpaired) electrons. The molecule has 7 nitrogen and oxygen atoms in total. The number of aliphatic carboxylic acids is 1. The second-order valence-electron chi connectivity index (χ2n) is 4.04. The molecule has 0 saturated heterocycles. The Morgan fingerprint density at radius 2 is 2.35 bits per heavy atom. The van der Waals surface area contributed by atoms with Crippen molar-refractivity contribution in [2.24, 2.45) is 0 Å². The molecule has 0 atom stereocenters. The van der Waals surface area contributed by atoms with Crippen LogP contribution in [0, 0.1) is 0 Å².